The molecule has 0 fully saturated rings. The van der Waals surface area contributed by atoms with E-state index in [1.54, 1.807) is 0 Å². The van der Waals surface area contributed by atoms with Gasteiger partial charge in [-0.05, 0) is 91.0 Å². The fourth-order valence-corrected chi connectivity index (χ4v) is 9.84. The van der Waals surface area contributed by atoms with E-state index in [0.717, 1.165) is 40.5 Å². The molecule has 332 valence electrons. The summed E-state index contributed by atoms with van der Waals surface area (Å²) in [6.45, 7) is 10.7. The predicted octanol–water partition coefficient (Wildman–Crippen LogP) is 15.7. The third kappa shape index (κ3) is 7.40. The third-order valence-corrected chi connectivity index (χ3v) is 12.8. The molecular formula is C51H44F12. The summed E-state index contributed by atoms with van der Waals surface area (Å²) in [5.41, 5.74) is 2.27. The lowest BCUT2D eigenvalue weighted by Crippen LogP contribution is -2.36. The maximum atomic E-state index is 15.3. The second-order valence-electron chi connectivity index (χ2n) is 15.8. The highest BCUT2D eigenvalue weighted by Gasteiger charge is 2.44. The Morgan fingerprint density at radius 2 is 0.714 bits per heavy atom. The number of aryl methyl sites for hydroxylation is 1. The van der Waals surface area contributed by atoms with Crippen LogP contribution in [0.15, 0.2) is 72.8 Å². The molecule has 7 rings (SSSR count). The van der Waals surface area contributed by atoms with Gasteiger partial charge in [0, 0.05) is 45.4 Å². The van der Waals surface area contributed by atoms with Gasteiger partial charge in [-0.2, -0.15) is 0 Å². The molecule has 6 aromatic carbocycles. The van der Waals surface area contributed by atoms with Crippen molar-refractivity contribution in [3.8, 4) is 0 Å². The van der Waals surface area contributed by atoms with Crippen LogP contribution in [0.4, 0.5) is 52.7 Å². The summed E-state index contributed by atoms with van der Waals surface area (Å²) in [6, 6.07) is 27.2. The van der Waals surface area contributed by atoms with E-state index >= 15 is 8.78 Å². The first-order chi connectivity index (χ1) is 29.9. The van der Waals surface area contributed by atoms with Crippen LogP contribution in [0.2, 0.25) is 0 Å². The summed E-state index contributed by atoms with van der Waals surface area (Å²) < 4.78 is 174. The van der Waals surface area contributed by atoms with Gasteiger partial charge in [0.1, 0.15) is 0 Å². The molecule has 2 atom stereocenters. The minimum absolute atomic E-state index is 0.0514. The zero-order chi connectivity index (χ0) is 46.4. The van der Waals surface area contributed by atoms with Crippen LogP contribution >= 0.6 is 0 Å². The number of benzene rings is 6. The highest BCUT2D eigenvalue weighted by molar-refractivity contribution is 5.63. The predicted molar refractivity (Wildman–Crippen MR) is 219 cm³/mol. The van der Waals surface area contributed by atoms with E-state index < -0.39 is 128 Å². The Morgan fingerprint density at radius 3 is 1.05 bits per heavy atom. The molecule has 0 spiro atoms. The quantitative estimate of drug-likeness (QED) is 0.0771. The molecule has 0 saturated heterocycles. The molecule has 0 heterocycles. The standard InChI is InChI=1S/C26H18F12.C25H26/c1-5-9(11-7(3)15(27)21(33)23(35)17(11)29)13-14(20(32)26(38)25(37)19(13)31)10(6-2)12-8(4)16(28)22(34)24(36)18(12)30;1-4-19-20-13-7-10-16-23(20)25(5-2,22-15-9-6-12-18(22)3)24-17-11-8-14-21(19)24/h9-10H,5-6H2,1-4H3;6-17,19H,4-5H2,1-3H3. The Morgan fingerprint density at radius 1 is 0.397 bits per heavy atom. The Balaban J connectivity index is 0.000000227. The summed E-state index contributed by atoms with van der Waals surface area (Å²) in [4.78, 5) is 0. The van der Waals surface area contributed by atoms with Crippen molar-refractivity contribution in [2.75, 3.05) is 0 Å². The van der Waals surface area contributed by atoms with Crippen molar-refractivity contribution in [3.05, 3.63) is 209 Å². The second kappa shape index (κ2) is 18.3. The van der Waals surface area contributed by atoms with Gasteiger partial charge in [-0.1, -0.05) is 100 Å². The fraction of sp³-hybridized carbons (Fsp3) is 0.294. The zero-order valence-corrected chi connectivity index (χ0v) is 35.5. The molecule has 0 aliphatic heterocycles. The largest absolute Gasteiger partial charge is 0.203 e. The molecule has 2 unspecified atom stereocenters. The van der Waals surface area contributed by atoms with E-state index in [-0.39, 0.29) is 5.41 Å². The van der Waals surface area contributed by atoms with E-state index in [4.69, 9.17) is 0 Å². The van der Waals surface area contributed by atoms with Crippen LogP contribution < -0.4 is 0 Å². The zero-order valence-electron chi connectivity index (χ0n) is 35.5. The first-order valence-electron chi connectivity index (χ1n) is 20.6. The van der Waals surface area contributed by atoms with Gasteiger partial charge in [0.05, 0.1) is 0 Å². The molecule has 0 bridgehead atoms. The molecular weight excluding hydrogens is 841 g/mol. The molecule has 6 aromatic rings. The van der Waals surface area contributed by atoms with Crippen molar-refractivity contribution < 1.29 is 52.7 Å². The van der Waals surface area contributed by atoms with Gasteiger partial charge in [-0.3, -0.25) is 0 Å². The lowest BCUT2D eigenvalue weighted by molar-refractivity contribution is 0.379. The van der Waals surface area contributed by atoms with Crippen LogP contribution in [0.5, 0.6) is 0 Å². The molecule has 0 amide bonds. The summed E-state index contributed by atoms with van der Waals surface area (Å²) >= 11 is 0. The van der Waals surface area contributed by atoms with Crippen LogP contribution in [0.3, 0.4) is 0 Å². The van der Waals surface area contributed by atoms with Crippen molar-refractivity contribution in [2.24, 2.45) is 0 Å². The number of rotatable bonds is 9. The highest BCUT2D eigenvalue weighted by Crippen LogP contribution is 2.54. The van der Waals surface area contributed by atoms with E-state index in [9.17, 15) is 43.9 Å². The maximum Gasteiger partial charge on any atom is 0.197 e. The Kier molecular flexibility index (Phi) is 13.6. The normalized spacial score (nSPS) is 16.5. The van der Waals surface area contributed by atoms with Crippen LogP contribution in [0.1, 0.15) is 138 Å². The second-order valence-corrected chi connectivity index (χ2v) is 15.8. The molecule has 1 aliphatic rings. The van der Waals surface area contributed by atoms with Gasteiger partial charge in [0.15, 0.2) is 69.8 Å². The Bertz CT molecular complexity index is 2510. The topological polar surface area (TPSA) is 0 Å². The number of halogens is 12. The van der Waals surface area contributed by atoms with E-state index in [2.05, 4.69) is 93.6 Å². The first kappa shape index (κ1) is 47.0. The van der Waals surface area contributed by atoms with Crippen molar-refractivity contribution >= 4 is 0 Å². The highest BCUT2D eigenvalue weighted by atomic mass is 19.2. The van der Waals surface area contributed by atoms with Crippen LogP contribution in [-0.4, -0.2) is 0 Å². The average Bonchev–Trinajstić information content (AvgIpc) is 3.29. The lowest BCUT2D eigenvalue weighted by atomic mass is 9.58. The van der Waals surface area contributed by atoms with Gasteiger partial charge in [0.25, 0.3) is 0 Å². The fourth-order valence-electron chi connectivity index (χ4n) is 9.84. The molecule has 12 heteroatoms. The molecule has 0 aromatic heterocycles. The van der Waals surface area contributed by atoms with Gasteiger partial charge in [0.2, 0.25) is 0 Å². The molecule has 63 heavy (non-hydrogen) atoms. The van der Waals surface area contributed by atoms with Gasteiger partial charge in [-0.25, -0.2) is 52.7 Å². The SMILES string of the molecule is CCC(c1c(C)c(F)c(F)c(F)c1F)c1c(F)c(F)c(F)c(F)c1C(CC)c1c(C)c(F)c(F)c(F)c1F.CCC1c2ccccc2C(CC)(c2ccccc2C)c2ccccc21. The number of fused-ring (bicyclic) bond motifs is 2. The number of hydrogen-bond donors (Lipinski definition) is 0. The third-order valence-electron chi connectivity index (χ3n) is 12.8. The monoisotopic (exact) mass is 884 g/mol. The van der Waals surface area contributed by atoms with Crippen molar-refractivity contribution in [1.29, 1.82) is 0 Å². The summed E-state index contributed by atoms with van der Waals surface area (Å²) in [5, 5.41) is 0. The van der Waals surface area contributed by atoms with E-state index in [1.165, 1.54) is 33.4 Å². The molecule has 0 radical (unpaired) electrons. The first-order valence-corrected chi connectivity index (χ1v) is 20.6. The van der Waals surface area contributed by atoms with E-state index in [0.29, 0.717) is 5.92 Å². The van der Waals surface area contributed by atoms with Crippen LogP contribution in [0, 0.1) is 90.6 Å². The van der Waals surface area contributed by atoms with Gasteiger partial charge < -0.3 is 0 Å². The minimum Gasteiger partial charge on any atom is -0.203 e. The van der Waals surface area contributed by atoms with Crippen LogP contribution in [0.25, 0.3) is 0 Å². The van der Waals surface area contributed by atoms with Gasteiger partial charge >= 0.3 is 0 Å². The smallest absolute Gasteiger partial charge is 0.197 e. The summed E-state index contributed by atoms with van der Waals surface area (Å²) in [7, 11) is 0. The Labute approximate surface area is 358 Å². The summed E-state index contributed by atoms with van der Waals surface area (Å²) in [5.74, 6) is -29.8. The van der Waals surface area contributed by atoms with Crippen molar-refractivity contribution in [2.45, 2.75) is 97.3 Å². The van der Waals surface area contributed by atoms with Gasteiger partial charge in [-0.15, -0.1) is 0 Å². The maximum absolute atomic E-state index is 15.3. The van der Waals surface area contributed by atoms with E-state index in [1.807, 2.05) is 0 Å². The van der Waals surface area contributed by atoms with Crippen molar-refractivity contribution in [3.63, 3.8) is 0 Å². The molecule has 0 N–H and O–H groups in total. The summed E-state index contributed by atoms with van der Waals surface area (Å²) in [6.07, 6.45) is 1.05. The molecule has 0 nitrogen and oxygen atoms in total. The number of hydrogen-bond acceptors (Lipinski definition) is 0. The van der Waals surface area contributed by atoms with Crippen LogP contribution in [-0.2, 0) is 5.41 Å². The molecule has 0 saturated carbocycles. The average molecular weight is 885 g/mol. The van der Waals surface area contributed by atoms with Crippen molar-refractivity contribution in [1.82, 2.24) is 0 Å². The Hall–Kier alpha value is -5.52. The molecule has 1 aliphatic carbocycles. The lowest BCUT2D eigenvalue weighted by Gasteiger charge is -2.44. The minimum atomic E-state index is -2.43.